The molecule has 5 heteroatoms. The molecule has 0 atom stereocenters. The smallest absolute Gasteiger partial charge is 0.164 e. The minimum absolute atomic E-state index is 0.204. The van der Waals surface area contributed by atoms with E-state index in [1.165, 1.54) is 6.07 Å². The molecule has 1 N–H and O–H groups in total. The van der Waals surface area contributed by atoms with Gasteiger partial charge >= 0.3 is 0 Å². The first-order valence-corrected chi connectivity index (χ1v) is 6.47. The van der Waals surface area contributed by atoms with E-state index < -0.39 is 0 Å². The molecule has 3 rings (SSSR count). The monoisotopic (exact) mass is 261 g/mol. The van der Waals surface area contributed by atoms with E-state index in [-0.39, 0.29) is 5.82 Å². The van der Waals surface area contributed by atoms with E-state index in [9.17, 15) is 4.39 Å². The summed E-state index contributed by atoms with van der Waals surface area (Å²) in [7, 11) is 0. The Hall–Kier alpha value is -1.88. The van der Waals surface area contributed by atoms with E-state index in [1.807, 2.05) is 6.07 Å². The predicted octanol–water partition coefficient (Wildman–Crippen LogP) is 1.81. The fourth-order valence-corrected chi connectivity index (χ4v) is 2.36. The van der Waals surface area contributed by atoms with Crippen LogP contribution in [0.15, 0.2) is 35.0 Å². The van der Waals surface area contributed by atoms with Gasteiger partial charge in [0.05, 0.1) is 6.20 Å². The number of halogens is 1. The Labute approximate surface area is 111 Å². The Kier molecular flexibility index (Phi) is 3.46. The summed E-state index contributed by atoms with van der Waals surface area (Å²) < 4.78 is 19.0. The van der Waals surface area contributed by atoms with Crippen LogP contribution in [0.1, 0.15) is 11.3 Å². The lowest BCUT2D eigenvalue weighted by Crippen LogP contribution is -2.43. The molecule has 0 unspecified atom stereocenters. The Morgan fingerprint density at radius 1 is 1.26 bits per heavy atom. The van der Waals surface area contributed by atoms with Crippen molar-refractivity contribution in [2.24, 2.45) is 0 Å². The highest BCUT2D eigenvalue weighted by Gasteiger charge is 2.18. The first-order valence-electron chi connectivity index (χ1n) is 6.47. The van der Waals surface area contributed by atoms with Crippen molar-refractivity contribution in [3.8, 4) is 0 Å². The number of hydrogen-bond donors (Lipinski definition) is 1. The topological polar surface area (TPSA) is 41.3 Å². The van der Waals surface area contributed by atoms with Gasteiger partial charge in [0, 0.05) is 32.6 Å². The zero-order chi connectivity index (χ0) is 13.1. The Morgan fingerprint density at radius 2 is 2.05 bits per heavy atom. The second kappa shape index (κ2) is 5.40. The summed E-state index contributed by atoms with van der Waals surface area (Å²) in [6.07, 6.45) is 2.16. The average Bonchev–Trinajstić information content (AvgIpc) is 2.91. The quantitative estimate of drug-likeness (QED) is 0.915. The van der Waals surface area contributed by atoms with E-state index in [0.29, 0.717) is 12.0 Å². The van der Waals surface area contributed by atoms with Crippen LogP contribution in [0.25, 0.3) is 0 Å². The maximum atomic E-state index is 13.7. The summed E-state index contributed by atoms with van der Waals surface area (Å²) in [5.74, 6) is 0.525. The molecule has 19 heavy (non-hydrogen) atoms. The van der Waals surface area contributed by atoms with Gasteiger partial charge in [-0.05, 0) is 11.6 Å². The number of piperazine rings is 1. The van der Waals surface area contributed by atoms with E-state index in [1.54, 1.807) is 18.3 Å². The van der Waals surface area contributed by atoms with Crippen LogP contribution in [0.5, 0.6) is 0 Å². The van der Waals surface area contributed by atoms with E-state index in [4.69, 9.17) is 4.52 Å². The van der Waals surface area contributed by atoms with Crippen LogP contribution in [0, 0.1) is 5.82 Å². The van der Waals surface area contributed by atoms with Gasteiger partial charge in [-0.15, -0.1) is 0 Å². The number of aromatic nitrogens is 1. The fourth-order valence-electron chi connectivity index (χ4n) is 2.36. The number of nitrogens with zero attached hydrogens (tertiary/aromatic N) is 2. The summed E-state index contributed by atoms with van der Waals surface area (Å²) in [5.41, 5.74) is 1.61. The minimum Gasteiger partial charge on any atom is -0.365 e. The normalized spacial score (nSPS) is 15.7. The summed E-state index contributed by atoms with van der Waals surface area (Å²) >= 11 is 0. The van der Waals surface area contributed by atoms with Crippen LogP contribution in [0.3, 0.4) is 0 Å². The van der Waals surface area contributed by atoms with Crippen LogP contribution in [0.2, 0.25) is 0 Å². The Bertz CT molecular complexity index is 549. The second-order valence-electron chi connectivity index (χ2n) is 4.64. The van der Waals surface area contributed by atoms with Crippen molar-refractivity contribution < 1.29 is 8.91 Å². The first-order chi connectivity index (χ1) is 9.34. The molecule has 1 aromatic carbocycles. The number of rotatable bonds is 3. The first kappa shape index (κ1) is 12.2. The number of anilines is 1. The lowest BCUT2D eigenvalue weighted by atomic mass is 10.1. The zero-order valence-electron chi connectivity index (χ0n) is 10.6. The summed E-state index contributed by atoms with van der Waals surface area (Å²) in [4.78, 5) is 2.23. The number of hydrogen-bond acceptors (Lipinski definition) is 4. The molecule has 0 aliphatic carbocycles. The molecule has 0 spiro atoms. The van der Waals surface area contributed by atoms with Gasteiger partial charge in [0.25, 0.3) is 0 Å². The standard InChI is InChI=1S/C14H16FN3O/c15-12-4-2-1-3-11(12)9-14-13(10-17-19-14)18-7-5-16-6-8-18/h1-4,10,16H,5-9H2. The SMILES string of the molecule is Fc1ccccc1Cc1oncc1N1CCNCC1. The minimum atomic E-state index is -0.204. The predicted molar refractivity (Wildman–Crippen MR) is 70.8 cm³/mol. The molecular weight excluding hydrogens is 245 g/mol. The molecule has 100 valence electrons. The Morgan fingerprint density at radius 3 is 2.84 bits per heavy atom. The molecule has 1 saturated heterocycles. The molecule has 2 heterocycles. The lowest BCUT2D eigenvalue weighted by molar-refractivity contribution is 0.387. The van der Waals surface area contributed by atoms with E-state index in [0.717, 1.165) is 37.6 Å². The van der Waals surface area contributed by atoms with Crippen molar-refractivity contribution in [3.05, 3.63) is 47.6 Å². The molecule has 0 amide bonds. The highest BCUT2D eigenvalue weighted by Crippen LogP contribution is 2.24. The molecule has 0 bridgehead atoms. The van der Waals surface area contributed by atoms with Crippen LogP contribution in [-0.2, 0) is 6.42 Å². The van der Waals surface area contributed by atoms with Crippen LogP contribution in [0.4, 0.5) is 10.1 Å². The van der Waals surface area contributed by atoms with Crippen LogP contribution < -0.4 is 10.2 Å². The molecule has 4 nitrogen and oxygen atoms in total. The van der Waals surface area contributed by atoms with Crippen molar-refractivity contribution >= 4 is 5.69 Å². The van der Waals surface area contributed by atoms with Gasteiger partial charge in [-0.25, -0.2) is 4.39 Å². The van der Waals surface area contributed by atoms with Gasteiger partial charge in [0.15, 0.2) is 5.76 Å². The van der Waals surface area contributed by atoms with Crippen LogP contribution >= 0.6 is 0 Å². The third kappa shape index (κ3) is 2.61. The van der Waals surface area contributed by atoms with Gasteiger partial charge in [-0.1, -0.05) is 23.4 Å². The van der Waals surface area contributed by atoms with Gasteiger partial charge in [0.1, 0.15) is 11.5 Å². The molecule has 2 aromatic rings. The van der Waals surface area contributed by atoms with Gasteiger partial charge in [0.2, 0.25) is 0 Å². The molecule has 1 fully saturated rings. The third-order valence-electron chi connectivity index (χ3n) is 3.39. The molecule has 1 aliphatic rings. The zero-order valence-corrected chi connectivity index (χ0v) is 10.6. The fraction of sp³-hybridized carbons (Fsp3) is 0.357. The molecule has 1 aromatic heterocycles. The highest BCUT2D eigenvalue weighted by molar-refractivity contribution is 5.49. The lowest BCUT2D eigenvalue weighted by Gasteiger charge is -2.28. The average molecular weight is 261 g/mol. The largest absolute Gasteiger partial charge is 0.365 e. The maximum absolute atomic E-state index is 13.7. The van der Waals surface area contributed by atoms with Crippen molar-refractivity contribution in [1.82, 2.24) is 10.5 Å². The molecule has 0 radical (unpaired) electrons. The van der Waals surface area contributed by atoms with Gasteiger partial charge in [-0.3, -0.25) is 0 Å². The number of nitrogens with one attached hydrogen (secondary N) is 1. The summed E-state index contributed by atoms with van der Waals surface area (Å²) in [6, 6.07) is 6.77. The van der Waals surface area contributed by atoms with Crippen molar-refractivity contribution in [2.75, 3.05) is 31.1 Å². The Balaban J connectivity index is 1.82. The summed E-state index contributed by atoms with van der Waals surface area (Å²) in [5, 5.41) is 7.17. The van der Waals surface area contributed by atoms with E-state index >= 15 is 0 Å². The van der Waals surface area contributed by atoms with Gasteiger partial charge in [-0.2, -0.15) is 0 Å². The molecule has 1 aliphatic heterocycles. The molecule has 0 saturated carbocycles. The van der Waals surface area contributed by atoms with Crippen molar-refractivity contribution in [3.63, 3.8) is 0 Å². The van der Waals surface area contributed by atoms with Crippen molar-refractivity contribution in [1.29, 1.82) is 0 Å². The second-order valence-corrected chi connectivity index (χ2v) is 4.64. The molecular formula is C14H16FN3O. The number of benzene rings is 1. The highest BCUT2D eigenvalue weighted by atomic mass is 19.1. The van der Waals surface area contributed by atoms with Gasteiger partial charge < -0.3 is 14.7 Å². The summed E-state index contributed by atoms with van der Waals surface area (Å²) in [6.45, 7) is 3.74. The maximum Gasteiger partial charge on any atom is 0.164 e. The van der Waals surface area contributed by atoms with Crippen molar-refractivity contribution in [2.45, 2.75) is 6.42 Å². The van der Waals surface area contributed by atoms with E-state index in [2.05, 4.69) is 15.4 Å². The third-order valence-corrected chi connectivity index (χ3v) is 3.39. The van der Waals surface area contributed by atoms with Crippen LogP contribution in [-0.4, -0.2) is 31.3 Å².